The van der Waals surface area contributed by atoms with Gasteiger partial charge in [-0.1, -0.05) is 38.1 Å². The standard InChI is InChI=1S/C26H27N3O5S/c1-3-28(4-2)35(31,32)20-12-10-19(11-13-20)27-25-21-7-5-6-8-22(21)26(30)29(25)16-18-9-14-23-24(15-18)34-17-33-23/h5-15,25,27H,3-4,16-17H2,1-2H3/t25-/m0/s1. The third-order valence-corrected chi connectivity index (χ3v) is 8.41. The van der Waals surface area contributed by atoms with Crippen molar-refractivity contribution in [1.82, 2.24) is 9.21 Å². The van der Waals surface area contributed by atoms with E-state index in [1.165, 1.54) is 4.31 Å². The van der Waals surface area contributed by atoms with Crippen LogP contribution in [0.5, 0.6) is 11.5 Å². The van der Waals surface area contributed by atoms with Crippen LogP contribution in [0.2, 0.25) is 0 Å². The molecule has 5 rings (SSSR count). The first-order chi connectivity index (χ1) is 16.9. The van der Waals surface area contributed by atoms with Gasteiger partial charge in [0.2, 0.25) is 16.8 Å². The second-order valence-electron chi connectivity index (χ2n) is 8.37. The number of fused-ring (bicyclic) bond motifs is 2. The third kappa shape index (κ3) is 4.21. The van der Waals surface area contributed by atoms with Gasteiger partial charge in [0.25, 0.3) is 5.91 Å². The summed E-state index contributed by atoms with van der Waals surface area (Å²) in [6, 6.07) is 19.9. The van der Waals surface area contributed by atoms with Gasteiger partial charge in [-0.15, -0.1) is 0 Å². The molecule has 9 heteroatoms. The molecule has 0 saturated heterocycles. The Hall–Kier alpha value is -3.56. The molecule has 0 aliphatic carbocycles. The lowest BCUT2D eigenvalue weighted by atomic mass is 10.1. The molecule has 0 bridgehead atoms. The van der Waals surface area contributed by atoms with Gasteiger partial charge in [0.1, 0.15) is 6.17 Å². The number of anilines is 1. The number of nitrogens with zero attached hydrogens (tertiary/aromatic N) is 2. The van der Waals surface area contributed by atoms with E-state index in [0.717, 1.165) is 11.1 Å². The second kappa shape index (κ2) is 9.24. The maximum atomic E-state index is 13.3. The molecule has 0 aromatic heterocycles. The molecular weight excluding hydrogens is 466 g/mol. The van der Waals surface area contributed by atoms with E-state index in [0.29, 0.717) is 42.4 Å². The molecule has 2 aliphatic heterocycles. The van der Waals surface area contributed by atoms with Crippen molar-refractivity contribution in [2.45, 2.75) is 31.5 Å². The maximum absolute atomic E-state index is 13.3. The SMILES string of the molecule is CCN(CC)S(=O)(=O)c1ccc(N[C@@H]2c3ccccc3C(=O)N2Cc2ccc3c(c2)OCO3)cc1. The van der Waals surface area contributed by atoms with Crippen LogP contribution in [0.1, 0.15) is 41.5 Å². The van der Waals surface area contributed by atoms with Crippen molar-refractivity contribution in [2.75, 3.05) is 25.2 Å². The average Bonchev–Trinajstić information content (AvgIpc) is 3.43. The lowest BCUT2D eigenvalue weighted by Crippen LogP contribution is -2.32. The van der Waals surface area contributed by atoms with E-state index in [1.807, 2.05) is 56.3 Å². The molecule has 1 N–H and O–H groups in total. The van der Waals surface area contributed by atoms with E-state index >= 15 is 0 Å². The van der Waals surface area contributed by atoms with E-state index in [9.17, 15) is 13.2 Å². The summed E-state index contributed by atoms with van der Waals surface area (Å²) in [5, 5.41) is 3.43. The van der Waals surface area contributed by atoms with Crippen LogP contribution >= 0.6 is 0 Å². The van der Waals surface area contributed by atoms with Crippen LogP contribution in [0.25, 0.3) is 0 Å². The van der Waals surface area contributed by atoms with Gasteiger partial charge in [-0.05, 0) is 48.0 Å². The van der Waals surface area contributed by atoms with Crippen LogP contribution in [0.15, 0.2) is 71.6 Å². The number of carbonyl (C=O) groups is 1. The van der Waals surface area contributed by atoms with Crippen molar-refractivity contribution >= 4 is 21.6 Å². The Kier molecular flexibility index (Phi) is 6.12. The summed E-state index contributed by atoms with van der Waals surface area (Å²) in [7, 11) is -3.54. The van der Waals surface area contributed by atoms with Gasteiger partial charge < -0.3 is 19.7 Å². The number of nitrogens with one attached hydrogen (secondary N) is 1. The Balaban J connectivity index is 1.42. The average molecular weight is 494 g/mol. The maximum Gasteiger partial charge on any atom is 0.256 e. The highest BCUT2D eigenvalue weighted by molar-refractivity contribution is 7.89. The van der Waals surface area contributed by atoms with Crippen molar-refractivity contribution in [2.24, 2.45) is 0 Å². The van der Waals surface area contributed by atoms with Gasteiger partial charge in [-0.3, -0.25) is 4.79 Å². The normalized spacial score (nSPS) is 16.6. The fourth-order valence-electron chi connectivity index (χ4n) is 4.52. The van der Waals surface area contributed by atoms with E-state index in [2.05, 4.69) is 5.32 Å². The number of benzene rings is 3. The molecule has 1 atom stereocenters. The molecule has 8 nitrogen and oxygen atoms in total. The minimum atomic E-state index is -3.54. The Morgan fingerprint density at radius 3 is 2.43 bits per heavy atom. The molecule has 0 saturated carbocycles. The molecule has 3 aromatic rings. The Bertz CT molecular complexity index is 1350. The van der Waals surface area contributed by atoms with Crippen LogP contribution in [-0.2, 0) is 16.6 Å². The third-order valence-electron chi connectivity index (χ3n) is 6.35. The van der Waals surface area contributed by atoms with E-state index in [1.54, 1.807) is 29.2 Å². The highest BCUT2D eigenvalue weighted by Gasteiger charge is 2.36. The predicted molar refractivity (Wildman–Crippen MR) is 132 cm³/mol. The fourth-order valence-corrected chi connectivity index (χ4v) is 5.98. The minimum Gasteiger partial charge on any atom is -0.454 e. The lowest BCUT2D eigenvalue weighted by Gasteiger charge is -2.27. The molecule has 3 aromatic carbocycles. The van der Waals surface area contributed by atoms with Crippen LogP contribution in [0.3, 0.4) is 0 Å². The summed E-state index contributed by atoms with van der Waals surface area (Å²) < 4.78 is 38.0. The van der Waals surface area contributed by atoms with Gasteiger partial charge in [0, 0.05) is 36.4 Å². The number of amides is 1. The van der Waals surface area contributed by atoms with Crippen molar-refractivity contribution in [3.8, 4) is 11.5 Å². The van der Waals surface area contributed by atoms with Crippen LogP contribution < -0.4 is 14.8 Å². The summed E-state index contributed by atoms with van der Waals surface area (Å²) >= 11 is 0. The van der Waals surface area contributed by atoms with Crippen LogP contribution in [-0.4, -0.2) is 43.4 Å². The molecule has 1 amide bonds. The predicted octanol–water partition coefficient (Wildman–Crippen LogP) is 4.21. The Morgan fingerprint density at radius 2 is 1.69 bits per heavy atom. The molecular formula is C26H27N3O5S. The van der Waals surface area contributed by atoms with Gasteiger partial charge >= 0.3 is 0 Å². The van der Waals surface area contributed by atoms with Crippen molar-refractivity contribution in [3.05, 3.63) is 83.4 Å². The van der Waals surface area contributed by atoms with Crippen molar-refractivity contribution < 1.29 is 22.7 Å². The summed E-state index contributed by atoms with van der Waals surface area (Å²) in [5.41, 5.74) is 3.15. The number of rotatable bonds is 8. The largest absolute Gasteiger partial charge is 0.454 e. The molecule has 0 unspecified atom stereocenters. The summed E-state index contributed by atoms with van der Waals surface area (Å²) in [5.74, 6) is 1.29. The lowest BCUT2D eigenvalue weighted by molar-refractivity contribution is 0.0728. The smallest absolute Gasteiger partial charge is 0.256 e. The van der Waals surface area contributed by atoms with Gasteiger partial charge in [0.05, 0.1) is 4.90 Å². The molecule has 0 fully saturated rings. The zero-order chi connectivity index (χ0) is 24.6. The monoisotopic (exact) mass is 493 g/mol. The molecule has 2 aliphatic rings. The Labute approximate surface area is 205 Å². The first-order valence-corrected chi connectivity index (χ1v) is 13.0. The molecule has 0 spiro atoms. The van der Waals surface area contributed by atoms with Crippen molar-refractivity contribution in [3.63, 3.8) is 0 Å². The second-order valence-corrected chi connectivity index (χ2v) is 10.3. The molecule has 182 valence electrons. The molecule has 2 heterocycles. The highest BCUT2D eigenvalue weighted by atomic mass is 32.2. The fraction of sp³-hybridized carbons (Fsp3) is 0.269. The van der Waals surface area contributed by atoms with Crippen LogP contribution in [0.4, 0.5) is 5.69 Å². The zero-order valence-electron chi connectivity index (χ0n) is 19.6. The quantitative estimate of drug-likeness (QED) is 0.506. The number of ether oxygens (including phenoxy) is 2. The first kappa shape index (κ1) is 23.2. The molecule has 0 radical (unpaired) electrons. The number of sulfonamides is 1. The highest BCUT2D eigenvalue weighted by Crippen LogP contribution is 2.38. The van der Waals surface area contributed by atoms with E-state index < -0.39 is 16.2 Å². The number of hydrogen-bond donors (Lipinski definition) is 1. The zero-order valence-corrected chi connectivity index (χ0v) is 20.4. The molecule has 35 heavy (non-hydrogen) atoms. The van der Waals surface area contributed by atoms with Gasteiger partial charge in [-0.2, -0.15) is 4.31 Å². The van der Waals surface area contributed by atoms with Crippen LogP contribution in [0, 0.1) is 0 Å². The first-order valence-electron chi connectivity index (χ1n) is 11.6. The Morgan fingerprint density at radius 1 is 0.971 bits per heavy atom. The summed E-state index contributed by atoms with van der Waals surface area (Å²) in [4.78, 5) is 15.3. The topological polar surface area (TPSA) is 88.2 Å². The number of carbonyl (C=O) groups excluding carboxylic acids is 1. The van der Waals surface area contributed by atoms with E-state index in [4.69, 9.17) is 9.47 Å². The van der Waals surface area contributed by atoms with Crippen molar-refractivity contribution in [1.29, 1.82) is 0 Å². The summed E-state index contributed by atoms with van der Waals surface area (Å²) in [6.07, 6.45) is -0.408. The van der Waals surface area contributed by atoms with Gasteiger partial charge in [0.15, 0.2) is 11.5 Å². The van der Waals surface area contributed by atoms with E-state index in [-0.39, 0.29) is 17.6 Å². The summed E-state index contributed by atoms with van der Waals surface area (Å²) in [6.45, 7) is 5.02. The minimum absolute atomic E-state index is 0.0727. The number of hydrogen-bond acceptors (Lipinski definition) is 6. The van der Waals surface area contributed by atoms with Gasteiger partial charge in [-0.25, -0.2) is 8.42 Å².